The third-order valence-electron chi connectivity index (χ3n) is 4.47. The Morgan fingerprint density at radius 3 is 2.41 bits per heavy atom. The van der Waals surface area contributed by atoms with Crippen LogP contribution in [0.2, 0.25) is 0 Å². The molecule has 1 aliphatic rings. The smallest absolute Gasteiger partial charge is 0.0254 e. The van der Waals surface area contributed by atoms with Crippen molar-refractivity contribution in [3.63, 3.8) is 0 Å². The van der Waals surface area contributed by atoms with E-state index >= 15 is 0 Å². The van der Waals surface area contributed by atoms with E-state index in [-0.39, 0.29) is 0 Å². The van der Waals surface area contributed by atoms with Gasteiger partial charge in [0.2, 0.25) is 0 Å². The van der Waals surface area contributed by atoms with E-state index in [9.17, 15) is 0 Å². The Kier molecular flexibility index (Phi) is 5.90. The maximum Gasteiger partial charge on any atom is 0.0254 e. The van der Waals surface area contributed by atoms with Gasteiger partial charge in [-0.3, -0.25) is 4.90 Å². The highest BCUT2D eigenvalue weighted by atomic mass is 15.2. The molecule has 1 fully saturated rings. The molecular formula is C14H31N3. The van der Waals surface area contributed by atoms with Crippen LogP contribution in [-0.4, -0.2) is 62.7 Å². The summed E-state index contributed by atoms with van der Waals surface area (Å²) in [5, 5.41) is 3.48. The third kappa shape index (κ3) is 3.94. The van der Waals surface area contributed by atoms with Crippen LogP contribution in [0.25, 0.3) is 0 Å². The molecule has 4 atom stereocenters. The van der Waals surface area contributed by atoms with E-state index in [1.54, 1.807) is 0 Å². The number of nitrogens with one attached hydrogen (secondary N) is 1. The van der Waals surface area contributed by atoms with Gasteiger partial charge >= 0.3 is 0 Å². The lowest BCUT2D eigenvalue weighted by Gasteiger charge is -2.28. The highest BCUT2D eigenvalue weighted by Gasteiger charge is 2.32. The number of likely N-dealkylation sites (tertiary alicyclic amines) is 1. The van der Waals surface area contributed by atoms with Crippen LogP contribution in [0, 0.1) is 11.8 Å². The predicted octanol–water partition coefficient (Wildman–Crippen LogP) is 1.50. The van der Waals surface area contributed by atoms with E-state index in [4.69, 9.17) is 0 Å². The van der Waals surface area contributed by atoms with Gasteiger partial charge in [0.15, 0.2) is 0 Å². The van der Waals surface area contributed by atoms with E-state index in [1.807, 2.05) is 0 Å². The summed E-state index contributed by atoms with van der Waals surface area (Å²) in [5.74, 6) is 1.55. The van der Waals surface area contributed by atoms with Gasteiger partial charge in [0, 0.05) is 31.7 Å². The summed E-state index contributed by atoms with van der Waals surface area (Å²) >= 11 is 0. The Bertz CT molecular complexity index is 218. The molecule has 0 radical (unpaired) electrons. The lowest BCUT2D eigenvalue weighted by Crippen LogP contribution is -2.43. The molecule has 1 aliphatic heterocycles. The Balaban J connectivity index is 2.47. The van der Waals surface area contributed by atoms with Gasteiger partial charge in [0.1, 0.15) is 0 Å². The van der Waals surface area contributed by atoms with E-state index in [0.29, 0.717) is 6.04 Å². The van der Waals surface area contributed by atoms with Gasteiger partial charge in [-0.15, -0.1) is 0 Å². The van der Waals surface area contributed by atoms with E-state index in [0.717, 1.165) is 17.9 Å². The Morgan fingerprint density at radius 1 is 1.35 bits per heavy atom. The van der Waals surface area contributed by atoms with Gasteiger partial charge in [-0.05, 0) is 33.0 Å². The quantitative estimate of drug-likeness (QED) is 0.760. The lowest BCUT2D eigenvalue weighted by atomic mass is 9.99. The fourth-order valence-electron chi connectivity index (χ4n) is 2.99. The van der Waals surface area contributed by atoms with Crippen LogP contribution >= 0.6 is 0 Å². The first kappa shape index (κ1) is 14.9. The molecule has 3 nitrogen and oxygen atoms in total. The molecule has 0 aromatic carbocycles. The van der Waals surface area contributed by atoms with Crippen LogP contribution in [0.3, 0.4) is 0 Å². The Hall–Kier alpha value is -0.120. The minimum absolute atomic E-state index is 0.633. The molecule has 0 aromatic rings. The molecule has 0 bridgehead atoms. The summed E-state index contributed by atoms with van der Waals surface area (Å²) in [5.41, 5.74) is 0. The second kappa shape index (κ2) is 6.72. The van der Waals surface area contributed by atoms with Gasteiger partial charge in [-0.25, -0.2) is 0 Å². The van der Waals surface area contributed by atoms with Gasteiger partial charge in [-0.2, -0.15) is 0 Å². The minimum Gasteiger partial charge on any atom is -0.315 e. The first-order valence-electron chi connectivity index (χ1n) is 7.05. The molecule has 0 saturated carbocycles. The van der Waals surface area contributed by atoms with Crippen molar-refractivity contribution in [2.45, 2.75) is 39.3 Å². The number of likely N-dealkylation sites (N-methyl/N-ethyl adjacent to an activating group) is 2. The minimum atomic E-state index is 0.633. The van der Waals surface area contributed by atoms with Crippen molar-refractivity contribution in [3.05, 3.63) is 0 Å². The van der Waals surface area contributed by atoms with Crippen molar-refractivity contribution in [3.8, 4) is 0 Å². The Labute approximate surface area is 108 Å². The highest BCUT2D eigenvalue weighted by Crippen LogP contribution is 2.21. The zero-order chi connectivity index (χ0) is 13.0. The van der Waals surface area contributed by atoms with E-state index in [1.165, 1.54) is 26.1 Å². The van der Waals surface area contributed by atoms with Crippen LogP contribution in [-0.2, 0) is 0 Å². The van der Waals surface area contributed by atoms with Crippen LogP contribution < -0.4 is 5.32 Å². The number of nitrogens with zero attached hydrogens (tertiary/aromatic N) is 2. The summed E-state index contributed by atoms with van der Waals surface area (Å²) in [7, 11) is 6.50. The molecule has 0 aliphatic carbocycles. The maximum atomic E-state index is 3.48. The SMILES string of the molecule is CCC(C)C(CN1CC(C)C(N(C)C)C1)NC. The monoisotopic (exact) mass is 241 g/mol. The summed E-state index contributed by atoms with van der Waals surface area (Å²) in [6.45, 7) is 10.7. The van der Waals surface area contributed by atoms with Crippen LogP contribution in [0.4, 0.5) is 0 Å². The molecule has 3 heteroatoms. The molecule has 1 heterocycles. The average Bonchev–Trinajstić information content (AvgIpc) is 2.66. The topological polar surface area (TPSA) is 18.5 Å². The van der Waals surface area contributed by atoms with E-state index < -0.39 is 0 Å². The molecule has 0 spiro atoms. The van der Waals surface area contributed by atoms with Gasteiger partial charge in [0.05, 0.1) is 0 Å². The standard InChI is InChI=1S/C14H31N3/c1-7-11(2)13(15-4)9-17-8-12(3)14(10-17)16(5)6/h11-15H,7-10H2,1-6H3. The second-order valence-corrected chi connectivity index (χ2v) is 6.01. The first-order valence-corrected chi connectivity index (χ1v) is 7.05. The zero-order valence-electron chi connectivity index (χ0n) is 12.5. The van der Waals surface area contributed by atoms with Gasteiger partial charge < -0.3 is 10.2 Å². The van der Waals surface area contributed by atoms with Gasteiger partial charge in [0.25, 0.3) is 0 Å². The predicted molar refractivity (Wildman–Crippen MR) is 75.4 cm³/mol. The Morgan fingerprint density at radius 2 is 2.00 bits per heavy atom. The molecule has 1 saturated heterocycles. The van der Waals surface area contributed by atoms with Crippen LogP contribution in [0.1, 0.15) is 27.2 Å². The first-order chi connectivity index (χ1) is 7.99. The lowest BCUT2D eigenvalue weighted by molar-refractivity contribution is 0.227. The summed E-state index contributed by atoms with van der Waals surface area (Å²) in [6, 6.07) is 1.36. The molecule has 4 unspecified atom stereocenters. The summed E-state index contributed by atoms with van der Waals surface area (Å²) in [4.78, 5) is 5.00. The van der Waals surface area contributed by atoms with Crippen molar-refractivity contribution < 1.29 is 0 Å². The molecule has 1 rings (SSSR count). The van der Waals surface area contributed by atoms with Crippen molar-refractivity contribution in [1.82, 2.24) is 15.1 Å². The average molecular weight is 241 g/mol. The molecule has 102 valence electrons. The fourth-order valence-corrected chi connectivity index (χ4v) is 2.99. The molecule has 1 N–H and O–H groups in total. The molecule has 17 heavy (non-hydrogen) atoms. The van der Waals surface area contributed by atoms with Crippen LogP contribution in [0.15, 0.2) is 0 Å². The van der Waals surface area contributed by atoms with E-state index in [2.05, 4.69) is 57.0 Å². The summed E-state index contributed by atoms with van der Waals surface area (Å²) < 4.78 is 0. The normalized spacial score (nSPS) is 29.8. The largest absolute Gasteiger partial charge is 0.315 e. The second-order valence-electron chi connectivity index (χ2n) is 6.01. The zero-order valence-corrected chi connectivity index (χ0v) is 12.5. The van der Waals surface area contributed by atoms with Crippen molar-refractivity contribution >= 4 is 0 Å². The molecular weight excluding hydrogens is 210 g/mol. The number of hydrogen-bond donors (Lipinski definition) is 1. The van der Waals surface area contributed by atoms with Crippen molar-refractivity contribution in [2.24, 2.45) is 11.8 Å². The molecule has 0 amide bonds. The van der Waals surface area contributed by atoms with Crippen molar-refractivity contribution in [2.75, 3.05) is 40.8 Å². The fraction of sp³-hybridized carbons (Fsp3) is 1.00. The summed E-state index contributed by atoms with van der Waals surface area (Å²) in [6.07, 6.45) is 1.26. The maximum absolute atomic E-state index is 3.48. The van der Waals surface area contributed by atoms with Crippen molar-refractivity contribution in [1.29, 1.82) is 0 Å². The van der Waals surface area contributed by atoms with Crippen LogP contribution in [0.5, 0.6) is 0 Å². The van der Waals surface area contributed by atoms with Gasteiger partial charge in [-0.1, -0.05) is 27.2 Å². The third-order valence-corrected chi connectivity index (χ3v) is 4.47. The highest BCUT2D eigenvalue weighted by molar-refractivity contribution is 4.89. The molecule has 0 aromatic heterocycles. The number of rotatable bonds is 6. The number of hydrogen-bond acceptors (Lipinski definition) is 3.